The number of carbonyl (C=O) groups is 3. The Morgan fingerprint density at radius 1 is 1.09 bits per heavy atom. The van der Waals surface area contributed by atoms with Gasteiger partial charge in [0, 0.05) is 23.1 Å². The highest BCUT2D eigenvalue weighted by Gasteiger charge is 2.35. The molecular weight excluding hydrogens is 430 g/mol. The first kappa shape index (κ1) is 21.3. The molecule has 0 saturated heterocycles. The number of ether oxygens (including phenoxy) is 2. The first-order valence-corrected chi connectivity index (χ1v) is 10.4. The zero-order chi connectivity index (χ0) is 22.8. The van der Waals surface area contributed by atoms with Gasteiger partial charge in [0.15, 0.2) is 16.6 Å². The molecule has 1 aromatic heterocycles. The lowest BCUT2D eigenvalue weighted by molar-refractivity contribution is 0.0672. The molecule has 4 rings (SSSR count). The van der Waals surface area contributed by atoms with E-state index >= 15 is 0 Å². The number of hydrogen-bond donors (Lipinski definition) is 1. The van der Waals surface area contributed by atoms with Crippen LogP contribution < -0.4 is 14.8 Å². The summed E-state index contributed by atoms with van der Waals surface area (Å²) in [7, 11) is 3.12. The van der Waals surface area contributed by atoms with Crippen LogP contribution in [-0.4, -0.2) is 48.4 Å². The van der Waals surface area contributed by atoms with Crippen LogP contribution in [0.1, 0.15) is 31.1 Å². The van der Waals surface area contributed by atoms with Crippen molar-refractivity contribution in [1.29, 1.82) is 0 Å². The number of anilines is 1. The second kappa shape index (κ2) is 8.64. The molecule has 0 spiro atoms. The zero-order valence-electron chi connectivity index (χ0n) is 17.4. The molecule has 0 unspecified atom stereocenters. The first-order valence-electron chi connectivity index (χ1n) is 9.57. The van der Waals surface area contributed by atoms with Gasteiger partial charge in [-0.25, -0.2) is 4.98 Å². The summed E-state index contributed by atoms with van der Waals surface area (Å²) in [6.07, 6.45) is 1.48. The maximum atomic E-state index is 12.7. The summed E-state index contributed by atoms with van der Waals surface area (Å²) < 4.78 is 10.6. The van der Waals surface area contributed by atoms with Gasteiger partial charge in [0.25, 0.3) is 17.7 Å². The molecule has 1 aliphatic rings. The second-order valence-electron chi connectivity index (χ2n) is 6.83. The summed E-state index contributed by atoms with van der Waals surface area (Å²) in [5, 5.41) is 4.95. The Bertz CT molecular complexity index is 1250. The molecule has 32 heavy (non-hydrogen) atoms. The van der Waals surface area contributed by atoms with Gasteiger partial charge in [-0.2, -0.15) is 0 Å². The molecule has 0 bridgehead atoms. The number of thiazole rings is 1. The number of nitrogens with one attached hydrogen (secondary N) is 1. The maximum Gasteiger partial charge on any atom is 0.261 e. The van der Waals surface area contributed by atoms with Crippen LogP contribution in [0, 0.1) is 0 Å². The number of fused-ring (bicyclic) bond motifs is 1. The van der Waals surface area contributed by atoms with Gasteiger partial charge in [-0.05, 0) is 36.4 Å². The van der Waals surface area contributed by atoms with E-state index in [9.17, 15) is 14.4 Å². The Hall–Kier alpha value is -3.98. The van der Waals surface area contributed by atoms with E-state index in [1.54, 1.807) is 26.4 Å². The van der Waals surface area contributed by atoms with Gasteiger partial charge in [-0.15, -0.1) is 17.9 Å². The molecule has 1 N–H and O–H groups in total. The van der Waals surface area contributed by atoms with Gasteiger partial charge in [0.1, 0.15) is 0 Å². The van der Waals surface area contributed by atoms with E-state index in [1.165, 1.54) is 35.6 Å². The number of amides is 3. The van der Waals surface area contributed by atoms with Crippen LogP contribution in [0.2, 0.25) is 0 Å². The standard InChI is InChI=1S/C23H19N3O5S/c1-4-9-26-21(28)15-7-5-14(10-16(15)22(26)29)20(27)25-23-24-17(12-32-23)13-6-8-18(30-2)19(11-13)31-3/h4-8,10-12H,1,9H2,2-3H3,(H,24,25,27). The maximum absolute atomic E-state index is 12.7. The Labute approximate surface area is 188 Å². The van der Waals surface area contributed by atoms with Crippen molar-refractivity contribution in [2.24, 2.45) is 0 Å². The van der Waals surface area contributed by atoms with Crippen molar-refractivity contribution in [2.45, 2.75) is 0 Å². The minimum Gasteiger partial charge on any atom is -0.493 e. The minimum atomic E-state index is -0.440. The number of methoxy groups -OCH3 is 2. The minimum absolute atomic E-state index is 0.117. The fourth-order valence-electron chi connectivity index (χ4n) is 3.36. The third-order valence-corrected chi connectivity index (χ3v) is 5.71. The average Bonchev–Trinajstić information content (AvgIpc) is 3.37. The van der Waals surface area contributed by atoms with Gasteiger partial charge in [0.05, 0.1) is 31.0 Å². The van der Waals surface area contributed by atoms with Crippen LogP contribution in [0.5, 0.6) is 11.5 Å². The molecule has 162 valence electrons. The summed E-state index contributed by atoms with van der Waals surface area (Å²) in [4.78, 5) is 43.1. The predicted molar refractivity (Wildman–Crippen MR) is 121 cm³/mol. The molecule has 2 aromatic carbocycles. The molecule has 2 heterocycles. The van der Waals surface area contributed by atoms with Crippen molar-refractivity contribution in [2.75, 3.05) is 26.1 Å². The summed E-state index contributed by atoms with van der Waals surface area (Å²) in [5.74, 6) is -0.0768. The van der Waals surface area contributed by atoms with Crippen LogP contribution in [0.15, 0.2) is 54.4 Å². The molecule has 3 amide bonds. The van der Waals surface area contributed by atoms with E-state index in [-0.39, 0.29) is 23.2 Å². The van der Waals surface area contributed by atoms with Crippen LogP contribution >= 0.6 is 11.3 Å². The van der Waals surface area contributed by atoms with Crippen molar-refractivity contribution in [1.82, 2.24) is 9.88 Å². The Balaban J connectivity index is 1.53. The van der Waals surface area contributed by atoms with Gasteiger partial charge in [0.2, 0.25) is 0 Å². The lowest BCUT2D eigenvalue weighted by Crippen LogP contribution is -2.29. The normalized spacial score (nSPS) is 12.5. The number of rotatable bonds is 7. The van der Waals surface area contributed by atoms with E-state index in [1.807, 2.05) is 11.4 Å². The number of carbonyl (C=O) groups excluding carboxylic acids is 3. The van der Waals surface area contributed by atoms with E-state index in [0.29, 0.717) is 22.3 Å². The summed E-state index contributed by atoms with van der Waals surface area (Å²) in [6.45, 7) is 3.68. The lowest BCUT2D eigenvalue weighted by Gasteiger charge is -2.09. The van der Waals surface area contributed by atoms with Gasteiger partial charge in [-0.3, -0.25) is 24.6 Å². The predicted octanol–water partition coefficient (Wildman–Crippen LogP) is 3.86. The van der Waals surface area contributed by atoms with E-state index in [4.69, 9.17) is 9.47 Å². The third kappa shape index (κ3) is 3.74. The van der Waals surface area contributed by atoms with Crippen LogP contribution in [-0.2, 0) is 0 Å². The number of imide groups is 1. The fraction of sp³-hybridized carbons (Fsp3) is 0.130. The summed E-state index contributed by atoms with van der Waals surface area (Å²) in [5.41, 5.74) is 2.21. The summed E-state index contributed by atoms with van der Waals surface area (Å²) >= 11 is 1.27. The Kier molecular flexibility index (Phi) is 5.74. The van der Waals surface area contributed by atoms with Gasteiger partial charge < -0.3 is 9.47 Å². The number of benzene rings is 2. The monoisotopic (exact) mass is 449 g/mol. The zero-order valence-corrected chi connectivity index (χ0v) is 18.2. The lowest BCUT2D eigenvalue weighted by atomic mass is 10.1. The fourth-order valence-corrected chi connectivity index (χ4v) is 4.07. The molecule has 0 saturated carbocycles. The van der Waals surface area contributed by atoms with E-state index < -0.39 is 17.7 Å². The topological polar surface area (TPSA) is 97.8 Å². The van der Waals surface area contributed by atoms with Crippen LogP contribution in [0.25, 0.3) is 11.3 Å². The average molecular weight is 449 g/mol. The van der Waals surface area contributed by atoms with Crippen LogP contribution in [0.3, 0.4) is 0 Å². The van der Waals surface area contributed by atoms with Crippen molar-refractivity contribution < 1.29 is 23.9 Å². The first-order chi connectivity index (χ1) is 15.5. The molecule has 3 aromatic rings. The largest absolute Gasteiger partial charge is 0.493 e. The molecule has 0 fully saturated rings. The van der Waals surface area contributed by atoms with Crippen molar-refractivity contribution in [3.63, 3.8) is 0 Å². The number of aromatic nitrogens is 1. The molecule has 0 radical (unpaired) electrons. The second-order valence-corrected chi connectivity index (χ2v) is 7.69. The molecule has 8 nitrogen and oxygen atoms in total. The third-order valence-electron chi connectivity index (χ3n) is 4.95. The molecule has 9 heteroatoms. The highest BCUT2D eigenvalue weighted by molar-refractivity contribution is 7.14. The Morgan fingerprint density at radius 3 is 2.56 bits per heavy atom. The van der Waals surface area contributed by atoms with Crippen LogP contribution in [0.4, 0.5) is 5.13 Å². The van der Waals surface area contributed by atoms with E-state index in [0.717, 1.165) is 10.5 Å². The molecule has 1 aliphatic heterocycles. The number of nitrogens with zero attached hydrogens (tertiary/aromatic N) is 2. The van der Waals surface area contributed by atoms with Crippen molar-refractivity contribution in [3.8, 4) is 22.8 Å². The smallest absolute Gasteiger partial charge is 0.261 e. The summed E-state index contributed by atoms with van der Waals surface area (Å²) in [6, 6.07) is 9.86. The Morgan fingerprint density at radius 2 is 1.84 bits per heavy atom. The number of hydrogen-bond acceptors (Lipinski definition) is 7. The quantitative estimate of drug-likeness (QED) is 0.435. The SMILES string of the molecule is C=CCN1C(=O)c2ccc(C(=O)Nc3nc(-c4ccc(OC)c(OC)c4)cs3)cc2C1=O. The van der Waals surface area contributed by atoms with Gasteiger partial charge in [-0.1, -0.05) is 6.08 Å². The molecular formula is C23H19N3O5S. The molecule has 0 aliphatic carbocycles. The van der Waals surface area contributed by atoms with Gasteiger partial charge >= 0.3 is 0 Å². The van der Waals surface area contributed by atoms with Crippen molar-refractivity contribution in [3.05, 3.63) is 71.1 Å². The highest BCUT2D eigenvalue weighted by atomic mass is 32.1. The molecule has 0 atom stereocenters. The van der Waals surface area contributed by atoms with E-state index in [2.05, 4.69) is 16.9 Å². The van der Waals surface area contributed by atoms with Crippen molar-refractivity contribution >= 4 is 34.2 Å². The highest BCUT2D eigenvalue weighted by Crippen LogP contribution is 2.33.